The van der Waals surface area contributed by atoms with Gasteiger partial charge >= 0.3 is 0 Å². The van der Waals surface area contributed by atoms with Crippen molar-refractivity contribution in [3.05, 3.63) is 23.8 Å². The van der Waals surface area contributed by atoms with E-state index in [1.54, 1.807) is 12.1 Å². The molecule has 0 aliphatic heterocycles. The molecule has 0 aliphatic carbocycles. The van der Waals surface area contributed by atoms with Crippen LogP contribution in [0.1, 0.15) is 5.56 Å². The summed E-state index contributed by atoms with van der Waals surface area (Å²) >= 11 is 0.0917. The van der Waals surface area contributed by atoms with Gasteiger partial charge in [0, 0.05) is 11.4 Å². The molecule has 1 aromatic rings. The molecule has 4 nitrogen and oxygen atoms in total. The lowest BCUT2D eigenvalue weighted by molar-refractivity contribution is 0.473. The maximum Gasteiger partial charge on any atom is 0.185 e. The zero-order valence-electron chi connectivity index (χ0n) is 7.98. The van der Waals surface area contributed by atoms with Gasteiger partial charge < -0.3 is 16.6 Å². The SMILES string of the molecule is NC(N)=NCCc1cc(O)cc(SF)c1. The molecule has 0 saturated carbocycles. The lowest BCUT2D eigenvalue weighted by atomic mass is 10.1. The maximum absolute atomic E-state index is 12.3. The number of hydrogen-bond acceptors (Lipinski definition) is 3. The number of nitrogens with two attached hydrogens (primary N) is 2. The van der Waals surface area contributed by atoms with Crippen molar-refractivity contribution in [2.45, 2.75) is 11.3 Å². The Hall–Kier alpha value is -1.43. The summed E-state index contributed by atoms with van der Waals surface area (Å²) in [5.74, 6) is 0.0626. The number of phenols is 1. The molecule has 6 heteroatoms. The molecule has 5 N–H and O–H groups in total. The summed E-state index contributed by atoms with van der Waals surface area (Å²) in [6.07, 6.45) is 0.555. The van der Waals surface area contributed by atoms with Crippen LogP contribution >= 0.6 is 12.1 Å². The number of benzene rings is 1. The molecule has 0 spiro atoms. The van der Waals surface area contributed by atoms with Crippen molar-refractivity contribution in [3.8, 4) is 5.75 Å². The summed E-state index contributed by atoms with van der Waals surface area (Å²) in [7, 11) is 0. The van der Waals surface area contributed by atoms with Crippen LogP contribution in [0.15, 0.2) is 28.1 Å². The van der Waals surface area contributed by atoms with Gasteiger partial charge in [-0.1, -0.05) is 0 Å². The van der Waals surface area contributed by atoms with Gasteiger partial charge in [-0.25, -0.2) is 0 Å². The van der Waals surface area contributed by atoms with Crippen LogP contribution in [0, 0.1) is 0 Å². The van der Waals surface area contributed by atoms with Crippen molar-refractivity contribution in [3.63, 3.8) is 0 Å². The summed E-state index contributed by atoms with van der Waals surface area (Å²) < 4.78 is 12.3. The molecule has 0 heterocycles. The van der Waals surface area contributed by atoms with E-state index in [1.165, 1.54) is 6.07 Å². The summed E-state index contributed by atoms with van der Waals surface area (Å²) in [6.45, 7) is 0.419. The van der Waals surface area contributed by atoms with Gasteiger partial charge in [-0.15, -0.1) is 0 Å². The van der Waals surface area contributed by atoms with Crippen molar-refractivity contribution in [1.29, 1.82) is 0 Å². The molecule has 0 aliphatic rings. The fourth-order valence-corrected chi connectivity index (χ4v) is 1.51. The van der Waals surface area contributed by atoms with Gasteiger partial charge in [0.1, 0.15) is 5.75 Å². The van der Waals surface area contributed by atoms with Crippen molar-refractivity contribution in [1.82, 2.24) is 0 Å². The van der Waals surface area contributed by atoms with E-state index in [9.17, 15) is 8.99 Å². The van der Waals surface area contributed by atoms with E-state index in [2.05, 4.69) is 4.99 Å². The highest BCUT2D eigenvalue weighted by molar-refractivity contribution is 7.94. The standard InChI is InChI=1S/C9H12FN3OS/c10-15-8-4-6(3-7(14)5-8)1-2-13-9(11)12/h3-5,14H,1-2H2,(H4,11,12,13). The molecular formula is C9H12FN3OS. The number of guanidine groups is 1. The van der Waals surface area contributed by atoms with Crippen LogP contribution in [0.4, 0.5) is 3.89 Å². The number of rotatable bonds is 4. The van der Waals surface area contributed by atoms with Gasteiger partial charge in [0.05, 0.1) is 12.1 Å². The summed E-state index contributed by atoms with van der Waals surface area (Å²) in [4.78, 5) is 4.17. The van der Waals surface area contributed by atoms with Crippen molar-refractivity contribution < 1.29 is 8.99 Å². The fraction of sp³-hybridized carbons (Fsp3) is 0.222. The third-order valence-electron chi connectivity index (χ3n) is 1.74. The Bertz CT molecular complexity index is 366. The third-order valence-corrected chi connectivity index (χ3v) is 2.15. The largest absolute Gasteiger partial charge is 0.508 e. The average Bonchev–Trinajstić information content (AvgIpc) is 2.16. The highest BCUT2D eigenvalue weighted by Crippen LogP contribution is 2.25. The number of aromatic hydroxyl groups is 1. The third kappa shape index (κ3) is 4.07. The molecule has 1 aromatic carbocycles. The van der Waals surface area contributed by atoms with Gasteiger partial charge in [0.2, 0.25) is 0 Å². The first-order chi connectivity index (χ1) is 7.11. The van der Waals surface area contributed by atoms with E-state index in [-0.39, 0.29) is 23.9 Å². The van der Waals surface area contributed by atoms with Crippen molar-refractivity contribution in [2.24, 2.45) is 16.5 Å². The normalized spacial score (nSPS) is 9.93. The summed E-state index contributed by atoms with van der Waals surface area (Å²) in [5, 5.41) is 9.27. The number of nitrogens with zero attached hydrogens (tertiary/aromatic N) is 1. The topological polar surface area (TPSA) is 84.6 Å². The zero-order valence-corrected chi connectivity index (χ0v) is 8.80. The second kappa shape index (κ2) is 5.45. The van der Waals surface area contributed by atoms with Gasteiger partial charge in [-0.3, -0.25) is 4.99 Å². The average molecular weight is 229 g/mol. The minimum atomic E-state index is 0.0234. The first kappa shape index (κ1) is 11.6. The predicted molar refractivity (Wildman–Crippen MR) is 59.5 cm³/mol. The lowest BCUT2D eigenvalue weighted by Gasteiger charge is -2.02. The summed E-state index contributed by atoms with van der Waals surface area (Å²) in [5.41, 5.74) is 11.1. The van der Waals surface area contributed by atoms with Crippen LogP contribution in [0.3, 0.4) is 0 Å². The monoisotopic (exact) mass is 229 g/mol. The van der Waals surface area contributed by atoms with Crippen LogP contribution < -0.4 is 11.5 Å². The van der Waals surface area contributed by atoms with Crippen LogP contribution in [-0.2, 0) is 6.42 Å². The van der Waals surface area contributed by atoms with Gasteiger partial charge in [0.25, 0.3) is 0 Å². The molecule has 15 heavy (non-hydrogen) atoms. The Morgan fingerprint density at radius 1 is 1.40 bits per heavy atom. The van der Waals surface area contributed by atoms with E-state index < -0.39 is 0 Å². The minimum absolute atomic E-state index is 0.0234. The second-order valence-electron chi connectivity index (χ2n) is 2.97. The van der Waals surface area contributed by atoms with E-state index in [0.29, 0.717) is 17.9 Å². The predicted octanol–water partition coefficient (Wildman–Crippen LogP) is 1.18. The highest BCUT2D eigenvalue weighted by Gasteiger charge is 2.00. The zero-order chi connectivity index (χ0) is 11.3. The Morgan fingerprint density at radius 3 is 2.73 bits per heavy atom. The molecule has 0 aromatic heterocycles. The van der Waals surface area contributed by atoms with Crippen LogP contribution in [0.25, 0.3) is 0 Å². The number of halogens is 1. The smallest absolute Gasteiger partial charge is 0.185 e. The van der Waals surface area contributed by atoms with Crippen LogP contribution in [0.2, 0.25) is 0 Å². The molecule has 0 amide bonds. The molecule has 0 unspecified atom stereocenters. The quantitative estimate of drug-likeness (QED) is 0.534. The molecular weight excluding hydrogens is 217 g/mol. The Balaban J connectivity index is 2.68. The second-order valence-corrected chi connectivity index (χ2v) is 3.59. The maximum atomic E-state index is 12.3. The van der Waals surface area contributed by atoms with Crippen LogP contribution in [-0.4, -0.2) is 17.6 Å². The highest BCUT2D eigenvalue weighted by atomic mass is 32.2. The number of hydrogen-bond donors (Lipinski definition) is 3. The Morgan fingerprint density at radius 2 is 2.13 bits per heavy atom. The van der Waals surface area contributed by atoms with Gasteiger partial charge in [-0.2, -0.15) is 3.89 Å². The summed E-state index contributed by atoms with van der Waals surface area (Å²) in [6, 6.07) is 4.56. The van der Waals surface area contributed by atoms with E-state index in [4.69, 9.17) is 11.5 Å². The van der Waals surface area contributed by atoms with E-state index >= 15 is 0 Å². The van der Waals surface area contributed by atoms with Gasteiger partial charge in [0.15, 0.2) is 5.96 Å². The molecule has 0 bridgehead atoms. The van der Waals surface area contributed by atoms with E-state index in [0.717, 1.165) is 5.56 Å². The fourth-order valence-electron chi connectivity index (χ4n) is 1.15. The number of phenolic OH excluding ortho intramolecular Hbond substituents is 1. The van der Waals surface area contributed by atoms with E-state index in [1.807, 2.05) is 0 Å². The lowest BCUT2D eigenvalue weighted by Crippen LogP contribution is -2.23. The molecule has 0 atom stereocenters. The molecule has 0 saturated heterocycles. The van der Waals surface area contributed by atoms with Crippen LogP contribution in [0.5, 0.6) is 5.75 Å². The molecule has 82 valence electrons. The Labute approximate surface area is 91.5 Å². The minimum Gasteiger partial charge on any atom is -0.508 e. The molecule has 0 radical (unpaired) electrons. The van der Waals surface area contributed by atoms with Gasteiger partial charge in [-0.05, 0) is 30.2 Å². The van der Waals surface area contributed by atoms with Crippen molar-refractivity contribution in [2.75, 3.05) is 6.54 Å². The first-order valence-electron chi connectivity index (χ1n) is 4.28. The number of aliphatic imine (C=N–C) groups is 1. The van der Waals surface area contributed by atoms with Crippen molar-refractivity contribution >= 4 is 18.1 Å². The first-order valence-corrected chi connectivity index (χ1v) is 5.00. The Kier molecular flexibility index (Phi) is 4.23. The molecule has 0 fully saturated rings. The molecule has 1 rings (SSSR count).